The quantitative estimate of drug-likeness (QED) is 0.750. The molecule has 1 aliphatic rings. The molecule has 1 saturated heterocycles. The van der Waals surface area contributed by atoms with Gasteiger partial charge in [0.1, 0.15) is 0 Å². The number of benzene rings is 1. The molecule has 124 valence electrons. The summed E-state index contributed by atoms with van der Waals surface area (Å²) in [5, 5.41) is 12.1. The average molecular weight is 425 g/mol. The second-order valence-electron chi connectivity index (χ2n) is 6.75. The molecule has 0 amide bonds. The number of fused-ring (bicyclic) bond motifs is 1. The topological polar surface area (TPSA) is 42.4 Å². The summed E-state index contributed by atoms with van der Waals surface area (Å²) in [6, 6.07) is 7.76. The van der Waals surface area contributed by atoms with Crippen molar-refractivity contribution in [3.8, 4) is 15.8 Å². The van der Waals surface area contributed by atoms with Crippen LogP contribution < -0.4 is 4.74 Å². The molecule has 3 atom stereocenters. The average Bonchev–Trinajstić information content (AvgIpc) is 2.65. The molecule has 0 unspecified atom stereocenters. The molecule has 0 saturated carbocycles. The maximum absolute atomic E-state index is 11.2. The Kier molecular flexibility index (Phi) is 5.73. The Morgan fingerprint density at radius 2 is 2.25 bits per heavy atom. The Hall–Kier alpha value is -1.18. The fraction of sp³-hybridized carbons (Fsp3) is 0.450. The fourth-order valence-corrected chi connectivity index (χ4v) is 13.3. The van der Waals surface area contributed by atoms with E-state index in [1.165, 1.54) is 17.0 Å². The second kappa shape index (κ2) is 7.80. The van der Waals surface area contributed by atoms with Gasteiger partial charge in [-0.25, -0.2) is 0 Å². The minimum absolute atomic E-state index is 0.316. The zero-order valence-corrected chi connectivity index (χ0v) is 17.7. The van der Waals surface area contributed by atoms with Crippen LogP contribution in [0.5, 0.6) is 5.75 Å². The van der Waals surface area contributed by atoms with E-state index >= 15 is 0 Å². The van der Waals surface area contributed by atoms with Gasteiger partial charge in [0.2, 0.25) is 0 Å². The normalized spacial score (nSPS) is 22.2. The molecule has 24 heavy (non-hydrogen) atoms. The summed E-state index contributed by atoms with van der Waals surface area (Å²) in [7, 11) is 1.66. The zero-order chi connectivity index (χ0) is 17.1. The van der Waals surface area contributed by atoms with Gasteiger partial charge in [0.25, 0.3) is 0 Å². The molecule has 3 nitrogen and oxygen atoms in total. The second-order valence-corrected chi connectivity index (χ2v) is 15.0. The van der Waals surface area contributed by atoms with Crippen LogP contribution in [-0.4, -0.2) is 38.6 Å². The van der Waals surface area contributed by atoms with E-state index in [1.54, 1.807) is 13.3 Å². The molecular weight excluding hydrogens is 401 g/mol. The number of nitrogens with zero attached hydrogens (tertiary/aromatic N) is 1. The van der Waals surface area contributed by atoms with E-state index in [1.807, 2.05) is 24.3 Å². The summed E-state index contributed by atoms with van der Waals surface area (Å²) in [4.78, 5) is 4.42. The van der Waals surface area contributed by atoms with Crippen molar-refractivity contribution in [2.75, 3.05) is 7.11 Å². The molecule has 0 aliphatic carbocycles. The summed E-state index contributed by atoms with van der Waals surface area (Å²) in [6.07, 6.45) is 10.7. The van der Waals surface area contributed by atoms with Crippen LogP contribution in [0.4, 0.5) is 0 Å². The van der Waals surface area contributed by atoms with E-state index in [0.29, 0.717) is 3.67 Å². The zero-order valence-electron chi connectivity index (χ0n) is 14.4. The molecular formula is C20H24InNO2. The molecule has 1 aromatic heterocycles. The van der Waals surface area contributed by atoms with Crippen LogP contribution in [0.1, 0.15) is 37.9 Å². The molecule has 1 aromatic carbocycles. The van der Waals surface area contributed by atoms with Crippen molar-refractivity contribution in [1.82, 2.24) is 4.98 Å². The molecule has 0 bridgehead atoms. The van der Waals surface area contributed by atoms with Crippen molar-refractivity contribution < 1.29 is 9.84 Å². The molecule has 2 heterocycles. The van der Waals surface area contributed by atoms with Crippen LogP contribution >= 0.6 is 0 Å². The van der Waals surface area contributed by atoms with Crippen LogP contribution in [-0.2, 0) is 0 Å². The third-order valence-corrected chi connectivity index (χ3v) is 15.0. The Morgan fingerprint density at radius 1 is 1.42 bits per heavy atom. The van der Waals surface area contributed by atoms with Crippen molar-refractivity contribution in [2.45, 2.75) is 40.1 Å². The van der Waals surface area contributed by atoms with Gasteiger partial charge in [0, 0.05) is 0 Å². The van der Waals surface area contributed by atoms with Gasteiger partial charge < -0.3 is 0 Å². The summed E-state index contributed by atoms with van der Waals surface area (Å²) >= 11 is -2.18. The number of hydrogen-bond acceptors (Lipinski definition) is 3. The summed E-state index contributed by atoms with van der Waals surface area (Å²) in [5.74, 6) is 1.57. The number of rotatable bonds is 4. The number of hydrogen-bond donors (Lipinski definition) is 1. The molecule has 1 N–H and O–H groups in total. The van der Waals surface area contributed by atoms with Gasteiger partial charge in [-0.1, -0.05) is 0 Å². The monoisotopic (exact) mass is 425 g/mol. The van der Waals surface area contributed by atoms with E-state index < -0.39 is 27.5 Å². The molecule has 3 rings (SSSR count). The first kappa shape index (κ1) is 17.6. The van der Waals surface area contributed by atoms with Crippen molar-refractivity contribution in [1.29, 1.82) is 0 Å². The molecule has 0 spiro atoms. The van der Waals surface area contributed by atoms with Crippen LogP contribution in [0, 0.1) is 16.0 Å². The van der Waals surface area contributed by atoms with Crippen LogP contribution in [0.25, 0.3) is 10.9 Å². The predicted octanol–water partition coefficient (Wildman–Crippen LogP) is 4.13. The Bertz CT molecular complexity index is 755. The van der Waals surface area contributed by atoms with Gasteiger partial charge in [-0.3, -0.25) is 0 Å². The number of aliphatic hydroxyl groups excluding tert-OH is 1. The summed E-state index contributed by atoms with van der Waals surface area (Å²) in [5.41, 5.74) is 1.85. The van der Waals surface area contributed by atoms with Gasteiger partial charge in [-0.15, -0.1) is 0 Å². The maximum atomic E-state index is 11.2. The number of methoxy groups -OCH3 is 1. The van der Waals surface area contributed by atoms with Gasteiger partial charge in [-0.2, -0.15) is 0 Å². The van der Waals surface area contributed by atoms with Gasteiger partial charge in [0.15, 0.2) is 0 Å². The number of terminal acetylenes is 1. The van der Waals surface area contributed by atoms with Crippen molar-refractivity contribution in [3.05, 3.63) is 36.0 Å². The third-order valence-electron chi connectivity index (χ3n) is 5.51. The van der Waals surface area contributed by atoms with Crippen LogP contribution in [0.3, 0.4) is 0 Å². The van der Waals surface area contributed by atoms with E-state index in [0.717, 1.165) is 34.6 Å². The first-order chi connectivity index (χ1) is 11.7. The fourth-order valence-electron chi connectivity index (χ4n) is 3.98. The Labute approximate surface area is 152 Å². The van der Waals surface area contributed by atoms with E-state index in [2.05, 4.69) is 15.6 Å². The molecule has 1 fully saturated rings. The van der Waals surface area contributed by atoms with Crippen molar-refractivity contribution >= 4 is 32.3 Å². The first-order valence-corrected chi connectivity index (χ1v) is 14.6. The first-order valence-electron chi connectivity index (χ1n) is 8.74. The predicted molar refractivity (Wildman–Crippen MR) is 99.4 cm³/mol. The van der Waals surface area contributed by atoms with E-state index in [-0.39, 0.29) is 0 Å². The van der Waals surface area contributed by atoms with Gasteiger partial charge in [0.05, 0.1) is 0 Å². The molecule has 2 aromatic rings. The van der Waals surface area contributed by atoms with Crippen molar-refractivity contribution in [3.63, 3.8) is 0 Å². The Morgan fingerprint density at radius 3 is 2.96 bits per heavy atom. The number of aliphatic hydroxyl groups is 1. The molecule has 4 heteroatoms. The van der Waals surface area contributed by atoms with Gasteiger partial charge in [-0.05, 0) is 0 Å². The number of ether oxygens (including phenoxy) is 1. The summed E-state index contributed by atoms with van der Waals surface area (Å²) in [6.45, 7) is 2.25. The van der Waals surface area contributed by atoms with Gasteiger partial charge >= 0.3 is 152 Å². The van der Waals surface area contributed by atoms with Crippen LogP contribution in [0.15, 0.2) is 30.5 Å². The van der Waals surface area contributed by atoms with E-state index in [4.69, 9.17) is 11.2 Å². The summed E-state index contributed by atoms with van der Waals surface area (Å²) < 4.78 is 10.0. The number of pyridine rings is 1. The van der Waals surface area contributed by atoms with E-state index in [9.17, 15) is 5.11 Å². The molecule has 0 radical (unpaired) electrons. The van der Waals surface area contributed by atoms with Crippen molar-refractivity contribution in [2.24, 2.45) is 5.92 Å². The Balaban J connectivity index is 1.96. The third kappa shape index (κ3) is 3.43. The number of aromatic nitrogens is 1. The standard InChI is InChI=1S/C18H23NO2.C2H.In/c1-4-13(2)6-5-7-18(20)15-10-11-19-17-9-8-14(21-3)12-16(15)17;1-2;/h7-13,18,20H,2,4-6H2,1,3H3;1H;/t13-,18+;;/m1../s1. The van der Waals surface area contributed by atoms with Crippen LogP contribution in [0.2, 0.25) is 7.85 Å². The molecule has 1 aliphatic heterocycles. The minimum atomic E-state index is -2.18. The SMILES string of the molecule is C#[C][In]1[CH2][C@H](CC)CC[C@H]1[C@H](O)c1ccnc2ccc(OC)cc12.